The Bertz CT molecular complexity index is 185. The van der Waals surface area contributed by atoms with Crippen molar-refractivity contribution in [2.24, 2.45) is 11.8 Å². The Hall–Kier alpha value is -0.570. The van der Waals surface area contributed by atoms with Crippen LogP contribution in [0.25, 0.3) is 0 Å². The first-order valence-corrected chi connectivity index (χ1v) is 5.52. The Balaban J connectivity index is 2.31. The molecule has 1 saturated carbocycles. The maximum Gasteiger partial charge on any atom is 0.308 e. The van der Waals surface area contributed by atoms with Crippen molar-refractivity contribution in [2.45, 2.75) is 51.6 Å². The molecule has 2 atom stereocenters. The minimum absolute atomic E-state index is 0.542. The van der Waals surface area contributed by atoms with E-state index in [9.17, 15) is 9.90 Å². The molecule has 2 N–H and O–H groups in total. The largest absolute Gasteiger partial charge is 0.481 e. The van der Waals surface area contributed by atoms with E-state index in [0.29, 0.717) is 12.3 Å². The molecule has 0 aliphatic heterocycles. The van der Waals surface area contributed by atoms with Crippen molar-refractivity contribution in [2.75, 3.05) is 0 Å². The van der Waals surface area contributed by atoms with Gasteiger partial charge in [-0.2, -0.15) is 0 Å². The third-order valence-corrected chi connectivity index (χ3v) is 3.27. The van der Waals surface area contributed by atoms with E-state index in [1.807, 2.05) is 0 Å². The van der Waals surface area contributed by atoms with Crippen molar-refractivity contribution in [3.8, 4) is 0 Å². The van der Waals surface area contributed by atoms with Gasteiger partial charge in [0, 0.05) is 0 Å². The standard InChI is InChI=1S/C11H20O3/c1-8(11(13)14)10(12)7-9-5-3-2-4-6-9/h8-10,12H,2-7H2,1H3,(H,13,14)/t8-,10-/m1/s1. The van der Waals surface area contributed by atoms with Crippen molar-refractivity contribution in [3.05, 3.63) is 0 Å². The zero-order valence-corrected chi connectivity index (χ0v) is 8.78. The van der Waals surface area contributed by atoms with Gasteiger partial charge in [0.15, 0.2) is 0 Å². The van der Waals surface area contributed by atoms with Crippen LogP contribution in [0.15, 0.2) is 0 Å². The number of rotatable bonds is 4. The minimum atomic E-state index is -0.895. The summed E-state index contributed by atoms with van der Waals surface area (Å²) in [5.41, 5.74) is 0. The first-order chi connectivity index (χ1) is 6.61. The van der Waals surface area contributed by atoms with Gasteiger partial charge in [-0.3, -0.25) is 4.79 Å². The second kappa shape index (κ2) is 5.35. The zero-order chi connectivity index (χ0) is 10.6. The number of hydrogen-bond donors (Lipinski definition) is 2. The molecule has 82 valence electrons. The van der Waals surface area contributed by atoms with Gasteiger partial charge in [-0.25, -0.2) is 0 Å². The van der Waals surface area contributed by atoms with Crippen LogP contribution in [-0.2, 0) is 4.79 Å². The highest BCUT2D eigenvalue weighted by Gasteiger charge is 2.25. The third-order valence-electron chi connectivity index (χ3n) is 3.27. The first kappa shape index (κ1) is 11.5. The van der Waals surface area contributed by atoms with E-state index in [2.05, 4.69) is 0 Å². The van der Waals surface area contributed by atoms with Crippen molar-refractivity contribution in [1.82, 2.24) is 0 Å². The number of carboxylic acids is 1. The van der Waals surface area contributed by atoms with E-state index in [-0.39, 0.29) is 0 Å². The van der Waals surface area contributed by atoms with Crippen LogP contribution in [0.2, 0.25) is 0 Å². The van der Waals surface area contributed by atoms with Crippen LogP contribution in [0.5, 0.6) is 0 Å². The van der Waals surface area contributed by atoms with E-state index in [0.717, 1.165) is 12.8 Å². The highest BCUT2D eigenvalue weighted by molar-refractivity contribution is 5.70. The van der Waals surface area contributed by atoms with Crippen LogP contribution >= 0.6 is 0 Å². The normalized spacial score (nSPS) is 23.0. The number of carboxylic acid groups (broad SMARTS) is 1. The number of aliphatic hydroxyl groups excluding tert-OH is 1. The lowest BCUT2D eigenvalue weighted by Crippen LogP contribution is -2.28. The summed E-state index contributed by atoms with van der Waals surface area (Å²) in [5, 5.41) is 18.4. The topological polar surface area (TPSA) is 57.5 Å². The van der Waals surface area contributed by atoms with Gasteiger partial charge in [-0.15, -0.1) is 0 Å². The number of aliphatic carboxylic acids is 1. The fourth-order valence-electron chi connectivity index (χ4n) is 2.13. The van der Waals surface area contributed by atoms with Gasteiger partial charge in [0.1, 0.15) is 0 Å². The van der Waals surface area contributed by atoms with Gasteiger partial charge in [0.25, 0.3) is 0 Å². The van der Waals surface area contributed by atoms with E-state index in [4.69, 9.17) is 5.11 Å². The lowest BCUT2D eigenvalue weighted by atomic mass is 9.83. The molecule has 1 rings (SSSR count). The van der Waals surface area contributed by atoms with Gasteiger partial charge in [0.05, 0.1) is 12.0 Å². The molecule has 14 heavy (non-hydrogen) atoms. The summed E-state index contributed by atoms with van der Waals surface area (Å²) in [4.78, 5) is 10.6. The van der Waals surface area contributed by atoms with Gasteiger partial charge >= 0.3 is 5.97 Å². The SMILES string of the molecule is C[C@@H](C(=O)O)[C@H](O)CC1CCCCC1. The Morgan fingerprint density at radius 1 is 1.36 bits per heavy atom. The predicted octanol–water partition coefficient (Wildman–Crippen LogP) is 2.04. The van der Waals surface area contributed by atoms with Crippen LogP contribution in [0.3, 0.4) is 0 Å². The number of aliphatic hydroxyl groups is 1. The molecule has 1 aliphatic rings. The predicted molar refractivity (Wildman–Crippen MR) is 54.0 cm³/mol. The van der Waals surface area contributed by atoms with E-state index >= 15 is 0 Å². The van der Waals surface area contributed by atoms with Crippen molar-refractivity contribution in [3.63, 3.8) is 0 Å². The summed E-state index contributed by atoms with van der Waals surface area (Å²) in [6.45, 7) is 1.58. The molecule has 0 aromatic carbocycles. The quantitative estimate of drug-likeness (QED) is 0.730. The van der Waals surface area contributed by atoms with E-state index < -0.39 is 18.0 Å². The molecule has 0 aromatic rings. The fourth-order valence-corrected chi connectivity index (χ4v) is 2.13. The van der Waals surface area contributed by atoms with E-state index in [1.165, 1.54) is 19.3 Å². The lowest BCUT2D eigenvalue weighted by Gasteiger charge is -2.25. The molecule has 0 radical (unpaired) electrons. The molecule has 0 spiro atoms. The van der Waals surface area contributed by atoms with Gasteiger partial charge < -0.3 is 10.2 Å². The molecular weight excluding hydrogens is 180 g/mol. The molecule has 0 heterocycles. The molecule has 0 aromatic heterocycles. The van der Waals surface area contributed by atoms with Crippen molar-refractivity contribution >= 4 is 5.97 Å². The number of hydrogen-bond acceptors (Lipinski definition) is 2. The second-order valence-electron chi connectivity index (χ2n) is 4.43. The average molecular weight is 200 g/mol. The molecule has 0 bridgehead atoms. The first-order valence-electron chi connectivity index (χ1n) is 5.52. The second-order valence-corrected chi connectivity index (χ2v) is 4.43. The molecule has 0 unspecified atom stereocenters. The van der Waals surface area contributed by atoms with E-state index in [1.54, 1.807) is 6.92 Å². The van der Waals surface area contributed by atoms with Crippen LogP contribution in [-0.4, -0.2) is 22.3 Å². The maximum atomic E-state index is 10.6. The molecular formula is C11H20O3. The van der Waals surface area contributed by atoms with Gasteiger partial charge in [-0.05, 0) is 19.3 Å². The van der Waals surface area contributed by atoms with Crippen molar-refractivity contribution in [1.29, 1.82) is 0 Å². The van der Waals surface area contributed by atoms with Gasteiger partial charge in [0.2, 0.25) is 0 Å². The molecule has 3 heteroatoms. The molecule has 1 aliphatic carbocycles. The Labute approximate surface area is 85.1 Å². The highest BCUT2D eigenvalue weighted by atomic mass is 16.4. The third kappa shape index (κ3) is 3.29. The maximum absolute atomic E-state index is 10.6. The summed E-state index contributed by atoms with van der Waals surface area (Å²) in [6.07, 6.45) is 6.06. The molecule has 0 saturated heterocycles. The number of carbonyl (C=O) groups is 1. The van der Waals surface area contributed by atoms with Crippen molar-refractivity contribution < 1.29 is 15.0 Å². The Morgan fingerprint density at radius 3 is 2.43 bits per heavy atom. The van der Waals surface area contributed by atoms with Gasteiger partial charge in [-0.1, -0.05) is 32.1 Å². The van der Waals surface area contributed by atoms with Crippen LogP contribution in [0.1, 0.15) is 45.4 Å². The average Bonchev–Trinajstić information content (AvgIpc) is 2.18. The molecule has 0 amide bonds. The summed E-state index contributed by atoms with van der Waals surface area (Å²) in [5.74, 6) is -0.981. The zero-order valence-electron chi connectivity index (χ0n) is 8.78. The Morgan fingerprint density at radius 2 is 1.93 bits per heavy atom. The lowest BCUT2D eigenvalue weighted by molar-refractivity contribution is -0.145. The monoisotopic (exact) mass is 200 g/mol. The van der Waals surface area contributed by atoms with Crippen LogP contribution in [0, 0.1) is 11.8 Å². The smallest absolute Gasteiger partial charge is 0.308 e. The summed E-state index contributed by atoms with van der Waals surface area (Å²) < 4.78 is 0. The van der Waals surface area contributed by atoms with Crippen LogP contribution < -0.4 is 0 Å². The summed E-state index contributed by atoms with van der Waals surface area (Å²) >= 11 is 0. The molecule has 1 fully saturated rings. The summed E-state index contributed by atoms with van der Waals surface area (Å²) in [6, 6.07) is 0. The minimum Gasteiger partial charge on any atom is -0.481 e. The fraction of sp³-hybridized carbons (Fsp3) is 0.909. The molecule has 3 nitrogen and oxygen atoms in total. The highest BCUT2D eigenvalue weighted by Crippen LogP contribution is 2.28. The Kier molecular flexibility index (Phi) is 4.39. The summed E-state index contributed by atoms with van der Waals surface area (Å²) in [7, 11) is 0. The van der Waals surface area contributed by atoms with Crippen LogP contribution in [0.4, 0.5) is 0 Å².